The summed E-state index contributed by atoms with van der Waals surface area (Å²) in [5.74, 6) is -0.0661. The molecule has 1 heterocycles. The van der Waals surface area contributed by atoms with Gasteiger partial charge in [0.1, 0.15) is 6.54 Å². The van der Waals surface area contributed by atoms with E-state index in [0.29, 0.717) is 6.61 Å². The third-order valence-corrected chi connectivity index (χ3v) is 2.45. The van der Waals surface area contributed by atoms with E-state index in [9.17, 15) is 4.79 Å². The molecule has 0 spiro atoms. The molecule has 0 aliphatic rings. The summed E-state index contributed by atoms with van der Waals surface area (Å²) < 4.78 is 6.70. The molecule has 0 aliphatic heterocycles. The van der Waals surface area contributed by atoms with Crippen molar-refractivity contribution in [2.24, 2.45) is 0 Å². The summed E-state index contributed by atoms with van der Waals surface area (Å²) in [5.41, 5.74) is 0.901. The maximum atomic E-state index is 11.2. The molecule has 0 aromatic carbocycles. The zero-order chi connectivity index (χ0) is 12.7. The van der Waals surface area contributed by atoms with Gasteiger partial charge >= 0.3 is 0 Å². The number of likely N-dealkylation sites (N-methyl/N-ethyl adjacent to an activating group) is 1. The monoisotopic (exact) mass is 240 g/mol. The second kappa shape index (κ2) is 6.90. The Labute approximate surface area is 101 Å². The zero-order valence-corrected chi connectivity index (χ0v) is 10.6. The molecule has 1 aromatic rings. The number of rotatable bonds is 7. The van der Waals surface area contributed by atoms with Crippen LogP contribution in [-0.4, -0.2) is 42.5 Å². The molecule has 1 atom stereocenters. The predicted octanol–water partition coefficient (Wildman–Crippen LogP) is 0.466. The Hall–Kier alpha value is -1.56. The number of aromatic nitrogens is 2. The van der Waals surface area contributed by atoms with Crippen LogP contribution in [0.3, 0.4) is 0 Å². The van der Waals surface area contributed by atoms with Crippen molar-refractivity contribution in [3.63, 3.8) is 0 Å². The smallest absolute Gasteiger partial charge is 0.241 e. The van der Waals surface area contributed by atoms with Crippen molar-refractivity contribution in [1.82, 2.24) is 15.1 Å². The molecule has 0 aliphatic carbocycles. The number of nitrogens with zero attached hydrogens (tertiary/aromatic N) is 2. The first-order chi connectivity index (χ1) is 8.19. The van der Waals surface area contributed by atoms with Crippen molar-refractivity contribution in [1.29, 1.82) is 0 Å². The van der Waals surface area contributed by atoms with Crippen LogP contribution >= 0.6 is 0 Å². The number of hydrogen-bond acceptors (Lipinski definition) is 4. The van der Waals surface area contributed by atoms with Gasteiger partial charge < -0.3 is 15.4 Å². The maximum Gasteiger partial charge on any atom is 0.241 e. The van der Waals surface area contributed by atoms with E-state index in [1.807, 2.05) is 6.20 Å². The van der Waals surface area contributed by atoms with Crippen LogP contribution in [-0.2, 0) is 16.1 Å². The number of ether oxygens (including phenoxy) is 1. The highest BCUT2D eigenvalue weighted by Crippen LogP contribution is 2.08. The lowest BCUT2D eigenvalue weighted by molar-refractivity contribution is -0.121. The molecule has 96 valence electrons. The van der Waals surface area contributed by atoms with Crippen molar-refractivity contribution in [2.75, 3.05) is 26.1 Å². The summed E-state index contributed by atoms with van der Waals surface area (Å²) in [6.45, 7) is 2.97. The Balaban J connectivity index is 2.52. The van der Waals surface area contributed by atoms with Gasteiger partial charge in [-0.15, -0.1) is 0 Å². The third-order valence-electron chi connectivity index (χ3n) is 2.45. The molecule has 17 heavy (non-hydrogen) atoms. The fourth-order valence-corrected chi connectivity index (χ4v) is 1.45. The van der Waals surface area contributed by atoms with Crippen molar-refractivity contribution in [3.8, 4) is 0 Å². The number of nitrogens with one attached hydrogen (secondary N) is 2. The molecule has 0 saturated heterocycles. The van der Waals surface area contributed by atoms with Crippen molar-refractivity contribution < 1.29 is 9.53 Å². The molecule has 0 fully saturated rings. The summed E-state index contributed by atoms with van der Waals surface area (Å²) in [6, 6.07) is 0.262. The van der Waals surface area contributed by atoms with Gasteiger partial charge in [0.15, 0.2) is 0 Å². The Morgan fingerprint density at radius 3 is 3.00 bits per heavy atom. The number of hydrogen-bond donors (Lipinski definition) is 2. The average Bonchev–Trinajstić information content (AvgIpc) is 2.75. The Kier molecular flexibility index (Phi) is 5.48. The van der Waals surface area contributed by atoms with Crippen LogP contribution < -0.4 is 10.6 Å². The molecule has 1 rings (SSSR count). The lowest BCUT2D eigenvalue weighted by Crippen LogP contribution is -2.24. The predicted molar refractivity (Wildman–Crippen MR) is 65.9 cm³/mol. The minimum absolute atomic E-state index is 0.0661. The van der Waals surface area contributed by atoms with E-state index in [-0.39, 0.29) is 18.5 Å². The number of carbonyl (C=O) groups excluding carboxylic acids is 1. The molecule has 6 nitrogen and oxygen atoms in total. The Bertz CT molecular complexity index is 351. The number of anilines is 1. The molecule has 1 aromatic heterocycles. The van der Waals surface area contributed by atoms with Crippen LogP contribution in [0, 0.1) is 0 Å². The first-order valence-electron chi connectivity index (χ1n) is 5.68. The molecule has 0 saturated carbocycles. The minimum Gasteiger partial charge on any atom is -0.383 e. The third kappa shape index (κ3) is 4.44. The molecular weight excluding hydrogens is 220 g/mol. The Morgan fingerprint density at radius 2 is 2.41 bits per heavy atom. The van der Waals surface area contributed by atoms with Crippen LogP contribution in [0.15, 0.2) is 12.4 Å². The summed E-state index contributed by atoms with van der Waals surface area (Å²) in [7, 11) is 3.29. The van der Waals surface area contributed by atoms with E-state index < -0.39 is 0 Å². The van der Waals surface area contributed by atoms with Crippen LogP contribution in [0.1, 0.15) is 13.3 Å². The first-order valence-corrected chi connectivity index (χ1v) is 5.68. The van der Waals surface area contributed by atoms with E-state index in [2.05, 4.69) is 22.7 Å². The maximum absolute atomic E-state index is 11.2. The van der Waals surface area contributed by atoms with Crippen LogP contribution in [0.5, 0.6) is 0 Å². The highest BCUT2D eigenvalue weighted by atomic mass is 16.5. The molecule has 0 bridgehead atoms. The van der Waals surface area contributed by atoms with Crippen LogP contribution in [0.4, 0.5) is 5.69 Å². The molecule has 0 radical (unpaired) electrons. The average molecular weight is 240 g/mol. The number of amides is 1. The zero-order valence-electron chi connectivity index (χ0n) is 10.6. The Morgan fingerprint density at radius 1 is 1.65 bits per heavy atom. The van der Waals surface area contributed by atoms with E-state index in [1.165, 1.54) is 0 Å². The first kappa shape index (κ1) is 13.5. The number of carbonyl (C=O) groups is 1. The van der Waals surface area contributed by atoms with E-state index in [1.54, 1.807) is 25.0 Å². The summed E-state index contributed by atoms with van der Waals surface area (Å²) >= 11 is 0. The summed E-state index contributed by atoms with van der Waals surface area (Å²) in [4.78, 5) is 11.2. The van der Waals surface area contributed by atoms with E-state index >= 15 is 0 Å². The van der Waals surface area contributed by atoms with Gasteiger partial charge in [-0.1, -0.05) is 6.92 Å². The van der Waals surface area contributed by atoms with Gasteiger partial charge in [0.05, 0.1) is 18.5 Å². The topological polar surface area (TPSA) is 68.2 Å². The fraction of sp³-hybridized carbons (Fsp3) is 0.636. The van der Waals surface area contributed by atoms with Gasteiger partial charge in [0, 0.05) is 26.4 Å². The van der Waals surface area contributed by atoms with Crippen molar-refractivity contribution in [2.45, 2.75) is 25.9 Å². The van der Waals surface area contributed by atoms with E-state index in [4.69, 9.17) is 4.74 Å². The van der Waals surface area contributed by atoms with E-state index in [0.717, 1.165) is 12.1 Å². The highest BCUT2D eigenvalue weighted by molar-refractivity contribution is 5.75. The van der Waals surface area contributed by atoms with Crippen LogP contribution in [0.2, 0.25) is 0 Å². The van der Waals surface area contributed by atoms with Crippen molar-refractivity contribution in [3.05, 3.63) is 12.4 Å². The number of methoxy groups -OCH3 is 1. The molecule has 1 unspecified atom stereocenters. The lowest BCUT2D eigenvalue weighted by atomic mass is 10.2. The summed E-state index contributed by atoms with van der Waals surface area (Å²) in [5, 5.41) is 9.96. The lowest BCUT2D eigenvalue weighted by Gasteiger charge is -2.15. The molecule has 1 amide bonds. The minimum atomic E-state index is -0.0661. The second-order valence-corrected chi connectivity index (χ2v) is 3.80. The quantitative estimate of drug-likeness (QED) is 0.727. The largest absolute Gasteiger partial charge is 0.383 e. The summed E-state index contributed by atoms with van der Waals surface area (Å²) in [6.07, 6.45) is 4.49. The second-order valence-electron chi connectivity index (χ2n) is 3.80. The molecule has 6 heteroatoms. The van der Waals surface area contributed by atoms with Crippen LogP contribution in [0.25, 0.3) is 0 Å². The molecule has 2 N–H and O–H groups in total. The van der Waals surface area contributed by atoms with Gasteiger partial charge in [0.2, 0.25) is 5.91 Å². The van der Waals surface area contributed by atoms with Crippen molar-refractivity contribution >= 4 is 11.6 Å². The normalized spacial score (nSPS) is 12.2. The highest BCUT2D eigenvalue weighted by Gasteiger charge is 2.08. The van der Waals surface area contributed by atoms with Gasteiger partial charge in [-0.3, -0.25) is 9.48 Å². The van der Waals surface area contributed by atoms with Gasteiger partial charge in [-0.25, -0.2) is 0 Å². The standard InChI is InChI=1S/C11H20N4O2/c1-4-9(8-17-3)14-10-5-13-15(6-10)7-11(16)12-2/h5-6,9,14H,4,7-8H2,1-3H3,(H,12,16). The molecular formula is C11H20N4O2. The van der Waals surface area contributed by atoms with Gasteiger partial charge in [0.25, 0.3) is 0 Å². The van der Waals surface area contributed by atoms with Gasteiger partial charge in [-0.2, -0.15) is 5.10 Å². The van der Waals surface area contributed by atoms with Gasteiger partial charge in [-0.05, 0) is 6.42 Å². The SMILES string of the molecule is CCC(COC)Nc1cnn(CC(=O)NC)c1. The fourth-order valence-electron chi connectivity index (χ4n) is 1.45.